The van der Waals surface area contributed by atoms with Crippen LogP contribution in [0.5, 0.6) is 5.75 Å². The Bertz CT molecular complexity index is 557. The van der Waals surface area contributed by atoms with E-state index in [0.717, 1.165) is 0 Å². The van der Waals surface area contributed by atoms with Crippen LogP contribution in [-0.4, -0.2) is 21.2 Å². The average molecular weight is 244 g/mol. The van der Waals surface area contributed by atoms with Crippen LogP contribution in [0.15, 0.2) is 36.5 Å². The number of aromatic nitrogens is 2. The monoisotopic (exact) mass is 244 g/mol. The summed E-state index contributed by atoms with van der Waals surface area (Å²) in [5, 5.41) is 19.5. The zero-order valence-corrected chi connectivity index (χ0v) is 9.50. The molecule has 4 N–H and O–H groups in total. The van der Waals surface area contributed by atoms with Crippen LogP contribution < -0.4 is 11.1 Å². The lowest BCUT2D eigenvalue weighted by Crippen LogP contribution is -2.24. The minimum absolute atomic E-state index is 0.00569. The highest BCUT2D eigenvalue weighted by atomic mass is 16.3. The third-order valence-electron chi connectivity index (χ3n) is 2.34. The van der Waals surface area contributed by atoms with E-state index in [1.165, 1.54) is 18.2 Å². The van der Waals surface area contributed by atoms with Crippen molar-refractivity contribution in [3.05, 3.63) is 47.8 Å². The van der Waals surface area contributed by atoms with Crippen LogP contribution in [-0.2, 0) is 6.54 Å². The van der Waals surface area contributed by atoms with Gasteiger partial charge in [-0.2, -0.15) is 10.2 Å². The van der Waals surface area contributed by atoms with Crippen molar-refractivity contribution in [2.75, 3.05) is 5.73 Å². The molecule has 6 heteroatoms. The van der Waals surface area contributed by atoms with Gasteiger partial charge in [0.1, 0.15) is 5.75 Å². The predicted molar refractivity (Wildman–Crippen MR) is 65.7 cm³/mol. The van der Waals surface area contributed by atoms with E-state index in [0.29, 0.717) is 11.4 Å². The summed E-state index contributed by atoms with van der Waals surface area (Å²) in [7, 11) is 0. The average Bonchev–Trinajstić information content (AvgIpc) is 2.40. The number of rotatable bonds is 3. The number of hydrogen-bond acceptors (Lipinski definition) is 5. The number of amides is 1. The molecule has 1 aromatic heterocycles. The maximum Gasteiger partial charge on any atom is 0.253 e. The third kappa shape index (κ3) is 2.73. The molecule has 18 heavy (non-hydrogen) atoms. The highest BCUT2D eigenvalue weighted by Gasteiger charge is 2.10. The standard InChI is InChI=1S/C12H12N4O2/c13-11-4-3-9(17)6-10(11)12(18)14-7-8-2-1-5-15-16-8/h1-6,17H,7,13H2,(H,14,18). The van der Waals surface area contributed by atoms with Gasteiger partial charge in [-0.3, -0.25) is 4.79 Å². The lowest BCUT2D eigenvalue weighted by atomic mass is 10.1. The summed E-state index contributed by atoms with van der Waals surface area (Å²) in [5.74, 6) is -0.372. The highest BCUT2D eigenvalue weighted by molar-refractivity contribution is 5.99. The summed E-state index contributed by atoms with van der Waals surface area (Å²) in [6.45, 7) is 0.252. The number of nitrogens with zero attached hydrogens (tertiary/aromatic N) is 2. The topological polar surface area (TPSA) is 101 Å². The second kappa shape index (κ2) is 5.13. The summed E-state index contributed by atoms with van der Waals surface area (Å²) < 4.78 is 0. The van der Waals surface area contributed by atoms with Crippen LogP contribution in [0.4, 0.5) is 5.69 Å². The summed E-state index contributed by atoms with van der Waals surface area (Å²) in [5.41, 5.74) is 6.85. The molecule has 1 heterocycles. The van der Waals surface area contributed by atoms with E-state index >= 15 is 0 Å². The molecule has 1 aromatic carbocycles. The minimum atomic E-state index is -0.367. The second-order valence-corrected chi connectivity index (χ2v) is 3.67. The first kappa shape index (κ1) is 11.8. The smallest absolute Gasteiger partial charge is 0.253 e. The number of nitrogens with one attached hydrogen (secondary N) is 1. The lowest BCUT2D eigenvalue weighted by Gasteiger charge is -2.07. The summed E-state index contributed by atoms with van der Waals surface area (Å²) in [6, 6.07) is 7.71. The molecule has 0 unspecified atom stereocenters. The molecule has 0 saturated heterocycles. The molecule has 0 aliphatic heterocycles. The van der Waals surface area contributed by atoms with Gasteiger partial charge in [0.25, 0.3) is 5.91 Å². The number of phenolic OH excluding ortho intramolecular Hbond substituents is 1. The fourth-order valence-corrected chi connectivity index (χ4v) is 1.43. The normalized spacial score (nSPS) is 10.0. The van der Waals surface area contributed by atoms with E-state index in [1.807, 2.05) is 0 Å². The maximum atomic E-state index is 11.8. The number of benzene rings is 1. The molecule has 0 aliphatic carbocycles. The van der Waals surface area contributed by atoms with E-state index in [9.17, 15) is 9.90 Å². The van der Waals surface area contributed by atoms with Crippen molar-refractivity contribution >= 4 is 11.6 Å². The number of hydrogen-bond donors (Lipinski definition) is 3. The van der Waals surface area contributed by atoms with Gasteiger partial charge in [-0.05, 0) is 30.3 Å². The van der Waals surface area contributed by atoms with E-state index in [2.05, 4.69) is 15.5 Å². The van der Waals surface area contributed by atoms with Crippen LogP contribution in [0.2, 0.25) is 0 Å². The van der Waals surface area contributed by atoms with Gasteiger partial charge in [0, 0.05) is 11.9 Å². The van der Waals surface area contributed by atoms with Crippen molar-refractivity contribution in [2.24, 2.45) is 0 Å². The van der Waals surface area contributed by atoms with Crippen LogP contribution in [0.3, 0.4) is 0 Å². The Labute approximate surface area is 103 Å². The molecule has 0 fully saturated rings. The SMILES string of the molecule is Nc1ccc(O)cc1C(=O)NCc1cccnn1. The molecular formula is C12H12N4O2. The van der Waals surface area contributed by atoms with Gasteiger partial charge in [0.2, 0.25) is 0 Å². The Morgan fingerprint density at radius 2 is 2.22 bits per heavy atom. The number of carbonyl (C=O) groups excluding carboxylic acids is 1. The number of nitrogens with two attached hydrogens (primary N) is 1. The molecule has 1 amide bonds. The number of anilines is 1. The fraction of sp³-hybridized carbons (Fsp3) is 0.0833. The molecule has 2 rings (SSSR count). The highest BCUT2D eigenvalue weighted by Crippen LogP contribution is 2.18. The Hall–Kier alpha value is -2.63. The van der Waals surface area contributed by atoms with E-state index < -0.39 is 0 Å². The third-order valence-corrected chi connectivity index (χ3v) is 2.34. The molecule has 92 valence electrons. The van der Waals surface area contributed by atoms with Gasteiger partial charge in [-0.15, -0.1) is 0 Å². The van der Waals surface area contributed by atoms with Gasteiger partial charge >= 0.3 is 0 Å². The number of nitrogen functional groups attached to an aromatic ring is 1. The van der Waals surface area contributed by atoms with Crippen LogP contribution >= 0.6 is 0 Å². The maximum absolute atomic E-state index is 11.8. The van der Waals surface area contributed by atoms with Crippen molar-refractivity contribution in [1.82, 2.24) is 15.5 Å². The van der Waals surface area contributed by atoms with Gasteiger partial charge in [-0.25, -0.2) is 0 Å². The van der Waals surface area contributed by atoms with Gasteiger partial charge in [0.05, 0.1) is 17.8 Å². The molecule has 0 saturated carbocycles. The van der Waals surface area contributed by atoms with Crippen molar-refractivity contribution in [2.45, 2.75) is 6.54 Å². The Kier molecular flexibility index (Phi) is 3.38. The Morgan fingerprint density at radius 1 is 1.39 bits per heavy atom. The largest absolute Gasteiger partial charge is 0.508 e. The summed E-state index contributed by atoms with van der Waals surface area (Å²) >= 11 is 0. The van der Waals surface area contributed by atoms with Gasteiger partial charge in [-0.1, -0.05) is 0 Å². The fourth-order valence-electron chi connectivity index (χ4n) is 1.43. The Balaban J connectivity index is 2.06. The van der Waals surface area contributed by atoms with Crippen molar-refractivity contribution in [3.63, 3.8) is 0 Å². The summed E-state index contributed by atoms with van der Waals surface area (Å²) in [4.78, 5) is 11.8. The number of carbonyl (C=O) groups is 1. The van der Waals surface area contributed by atoms with Crippen molar-refractivity contribution < 1.29 is 9.90 Å². The molecule has 0 bridgehead atoms. The van der Waals surface area contributed by atoms with E-state index in [-0.39, 0.29) is 23.8 Å². The van der Waals surface area contributed by atoms with Crippen molar-refractivity contribution in [1.29, 1.82) is 0 Å². The van der Waals surface area contributed by atoms with Gasteiger partial charge in [0.15, 0.2) is 0 Å². The van der Waals surface area contributed by atoms with Gasteiger partial charge < -0.3 is 16.2 Å². The molecular weight excluding hydrogens is 232 g/mol. The first-order valence-corrected chi connectivity index (χ1v) is 5.30. The number of phenols is 1. The van der Waals surface area contributed by atoms with Crippen LogP contribution in [0.1, 0.15) is 16.1 Å². The second-order valence-electron chi connectivity index (χ2n) is 3.67. The van der Waals surface area contributed by atoms with Crippen molar-refractivity contribution in [3.8, 4) is 5.75 Å². The quantitative estimate of drug-likeness (QED) is 0.545. The molecule has 0 spiro atoms. The first-order chi connectivity index (χ1) is 8.66. The predicted octanol–water partition coefficient (Wildman–Crippen LogP) is 0.694. The zero-order valence-electron chi connectivity index (χ0n) is 9.50. The molecule has 0 aliphatic rings. The molecule has 6 nitrogen and oxygen atoms in total. The summed E-state index contributed by atoms with van der Waals surface area (Å²) in [6.07, 6.45) is 1.55. The van der Waals surface area contributed by atoms with Crippen LogP contribution in [0.25, 0.3) is 0 Å². The molecule has 2 aromatic rings. The lowest BCUT2D eigenvalue weighted by molar-refractivity contribution is 0.0951. The molecule has 0 atom stereocenters. The van der Waals surface area contributed by atoms with Crippen LogP contribution in [0, 0.1) is 0 Å². The number of aromatic hydroxyl groups is 1. The Morgan fingerprint density at radius 3 is 2.94 bits per heavy atom. The van der Waals surface area contributed by atoms with E-state index in [4.69, 9.17) is 5.73 Å². The zero-order chi connectivity index (χ0) is 13.0. The van der Waals surface area contributed by atoms with E-state index in [1.54, 1.807) is 18.3 Å². The minimum Gasteiger partial charge on any atom is -0.508 e. The first-order valence-electron chi connectivity index (χ1n) is 5.30. The molecule has 0 radical (unpaired) electrons.